The Morgan fingerprint density at radius 3 is 2.31 bits per heavy atom. The van der Waals surface area contributed by atoms with Gasteiger partial charge in [-0.1, -0.05) is 11.6 Å². The molecular weight excluding hydrogens is 350 g/mol. The lowest BCUT2D eigenvalue weighted by Gasteiger charge is -2.22. The minimum absolute atomic E-state index is 0.00814. The van der Waals surface area contributed by atoms with Crippen molar-refractivity contribution in [2.75, 3.05) is 37.4 Å². The summed E-state index contributed by atoms with van der Waals surface area (Å²) in [6, 6.07) is 12.1. The Labute approximate surface area is 158 Å². The molecule has 6 heteroatoms. The summed E-state index contributed by atoms with van der Waals surface area (Å²) in [6.45, 7) is 1.57. The predicted molar refractivity (Wildman–Crippen MR) is 105 cm³/mol. The molecule has 1 N–H and O–H groups in total. The Morgan fingerprint density at radius 1 is 1.04 bits per heavy atom. The largest absolute Gasteiger partial charge is 0.377 e. The summed E-state index contributed by atoms with van der Waals surface area (Å²) in [6.07, 6.45) is 2.08. The smallest absolute Gasteiger partial charge is 0.256 e. The fourth-order valence-corrected chi connectivity index (χ4v) is 3.20. The third-order valence-corrected chi connectivity index (χ3v) is 4.72. The van der Waals surface area contributed by atoms with Gasteiger partial charge in [0.25, 0.3) is 11.8 Å². The summed E-state index contributed by atoms with van der Waals surface area (Å²) in [5.41, 5.74) is 2.55. The molecule has 1 aliphatic rings. The molecule has 1 aliphatic heterocycles. The lowest BCUT2D eigenvalue weighted by Crippen LogP contribution is -2.29. The zero-order valence-electron chi connectivity index (χ0n) is 15.0. The highest BCUT2D eigenvalue weighted by molar-refractivity contribution is 6.30. The zero-order valence-corrected chi connectivity index (χ0v) is 15.7. The van der Waals surface area contributed by atoms with Crippen molar-refractivity contribution in [2.24, 2.45) is 0 Å². The van der Waals surface area contributed by atoms with E-state index in [9.17, 15) is 9.59 Å². The molecule has 0 saturated carbocycles. The van der Waals surface area contributed by atoms with Crippen LogP contribution < -0.4 is 10.2 Å². The predicted octanol–water partition coefficient (Wildman–Crippen LogP) is 3.89. The van der Waals surface area contributed by atoms with Gasteiger partial charge in [0.15, 0.2) is 0 Å². The first kappa shape index (κ1) is 18.3. The van der Waals surface area contributed by atoms with Gasteiger partial charge in [0, 0.05) is 49.1 Å². The van der Waals surface area contributed by atoms with Crippen molar-refractivity contribution in [3.8, 4) is 0 Å². The molecule has 0 aliphatic carbocycles. The number of halogens is 1. The molecule has 3 rings (SSSR count). The maximum Gasteiger partial charge on any atom is 0.256 e. The van der Waals surface area contributed by atoms with Gasteiger partial charge in [-0.2, -0.15) is 0 Å². The number of anilines is 2. The van der Waals surface area contributed by atoms with Crippen LogP contribution in [0.4, 0.5) is 11.4 Å². The van der Waals surface area contributed by atoms with Gasteiger partial charge < -0.3 is 15.1 Å². The van der Waals surface area contributed by atoms with Gasteiger partial charge >= 0.3 is 0 Å². The number of carbonyl (C=O) groups excluding carboxylic acids is 2. The monoisotopic (exact) mass is 371 g/mol. The lowest BCUT2D eigenvalue weighted by molar-refractivity contribution is 0.0793. The summed E-state index contributed by atoms with van der Waals surface area (Å²) < 4.78 is 0. The molecule has 1 saturated heterocycles. The van der Waals surface area contributed by atoms with E-state index in [4.69, 9.17) is 11.6 Å². The van der Waals surface area contributed by atoms with Crippen LogP contribution in [0.1, 0.15) is 33.6 Å². The van der Waals surface area contributed by atoms with Gasteiger partial charge in [-0.3, -0.25) is 9.59 Å². The van der Waals surface area contributed by atoms with Gasteiger partial charge in [-0.05, 0) is 55.3 Å². The van der Waals surface area contributed by atoms with Crippen molar-refractivity contribution in [1.82, 2.24) is 4.90 Å². The number of nitrogens with zero attached hydrogens (tertiary/aromatic N) is 2. The van der Waals surface area contributed by atoms with Crippen LogP contribution in [0.25, 0.3) is 0 Å². The van der Waals surface area contributed by atoms with E-state index < -0.39 is 0 Å². The van der Waals surface area contributed by atoms with E-state index >= 15 is 0 Å². The topological polar surface area (TPSA) is 52.7 Å². The average Bonchev–Trinajstić information content (AvgIpc) is 3.16. The number of hydrogen-bond acceptors (Lipinski definition) is 3. The van der Waals surface area contributed by atoms with Crippen molar-refractivity contribution in [1.29, 1.82) is 0 Å². The van der Waals surface area contributed by atoms with Crippen molar-refractivity contribution >= 4 is 34.8 Å². The van der Waals surface area contributed by atoms with E-state index in [1.165, 1.54) is 0 Å². The first-order valence-electron chi connectivity index (χ1n) is 8.63. The van der Waals surface area contributed by atoms with Gasteiger partial charge in [0.05, 0.1) is 5.56 Å². The number of amides is 2. The van der Waals surface area contributed by atoms with E-state index in [2.05, 4.69) is 5.32 Å². The second-order valence-corrected chi connectivity index (χ2v) is 7.02. The summed E-state index contributed by atoms with van der Waals surface area (Å²) in [5, 5.41) is 3.44. The number of carbonyl (C=O) groups is 2. The van der Waals surface area contributed by atoms with Gasteiger partial charge in [-0.15, -0.1) is 0 Å². The molecule has 2 amide bonds. The third-order valence-electron chi connectivity index (χ3n) is 4.47. The molecule has 2 aromatic rings. The minimum Gasteiger partial charge on any atom is -0.377 e. The normalized spacial score (nSPS) is 13.6. The van der Waals surface area contributed by atoms with E-state index in [1.54, 1.807) is 30.3 Å². The van der Waals surface area contributed by atoms with Gasteiger partial charge in [-0.25, -0.2) is 0 Å². The maximum atomic E-state index is 12.9. The molecule has 5 nitrogen and oxygen atoms in total. The van der Waals surface area contributed by atoms with E-state index in [0.717, 1.165) is 31.6 Å². The molecule has 26 heavy (non-hydrogen) atoms. The molecule has 0 atom stereocenters. The number of benzene rings is 2. The van der Waals surface area contributed by atoms with E-state index in [-0.39, 0.29) is 11.8 Å². The van der Waals surface area contributed by atoms with Crippen molar-refractivity contribution in [3.05, 3.63) is 58.6 Å². The molecule has 0 spiro atoms. The molecule has 2 aromatic carbocycles. The van der Waals surface area contributed by atoms with E-state index in [0.29, 0.717) is 21.8 Å². The molecular formula is C20H22ClN3O2. The fraction of sp³-hybridized carbons (Fsp3) is 0.300. The Kier molecular flexibility index (Phi) is 5.47. The standard InChI is InChI=1S/C20H22ClN3O2/c1-23(2)18-10-9-16(13-17(18)20(26)24-11-3-4-12-24)22-19(25)14-5-7-15(21)8-6-14/h5-10,13H,3-4,11-12H2,1-2H3,(H,22,25). The zero-order chi connectivity index (χ0) is 18.7. The van der Waals surface area contributed by atoms with Crippen molar-refractivity contribution < 1.29 is 9.59 Å². The highest BCUT2D eigenvalue weighted by atomic mass is 35.5. The van der Waals surface area contributed by atoms with Crippen LogP contribution in [0.2, 0.25) is 5.02 Å². The molecule has 0 radical (unpaired) electrons. The Balaban J connectivity index is 1.86. The highest BCUT2D eigenvalue weighted by Crippen LogP contribution is 2.26. The number of rotatable bonds is 4. The van der Waals surface area contributed by atoms with Gasteiger partial charge in [0.2, 0.25) is 0 Å². The Hall–Kier alpha value is -2.53. The first-order chi connectivity index (χ1) is 12.5. The second kappa shape index (κ2) is 7.79. The van der Waals surface area contributed by atoms with Crippen LogP contribution >= 0.6 is 11.6 Å². The Bertz CT molecular complexity index is 812. The minimum atomic E-state index is -0.237. The van der Waals surface area contributed by atoms with Crippen molar-refractivity contribution in [3.63, 3.8) is 0 Å². The van der Waals surface area contributed by atoms with Crippen LogP contribution in [-0.2, 0) is 0 Å². The second-order valence-electron chi connectivity index (χ2n) is 6.59. The number of likely N-dealkylation sites (tertiary alicyclic amines) is 1. The Morgan fingerprint density at radius 2 is 1.69 bits per heavy atom. The maximum absolute atomic E-state index is 12.9. The summed E-state index contributed by atoms with van der Waals surface area (Å²) >= 11 is 5.86. The number of nitrogens with one attached hydrogen (secondary N) is 1. The molecule has 1 fully saturated rings. The highest BCUT2D eigenvalue weighted by Gasteiger charge is 2.23. The third kappa shape index (κ3) is 3.99. The van der Waals surface area contributed by atoms with E-state index in [1.807, 2.05) is 36.0 Å². The first-order valence-corrected chi connectivity index (χ1v) is 9.01. The molecule has 0 bridgehead atoms. The molecule has 0 aromatic heterocycles. The molecule has 1 heterocycles. The number of hydrogen-bond donors (Lipinski definition) is 1. The lowest BCUT2D eigenvalue weighted by atomic mass is 10.1. The van der Waals surface area contributed by atoms with Crippen LogP contribution in [-0.4, -0.2) is 43.9 Å². The fourth-order valence-electron chi connectivity index (χ4n) is 3.07. The molecule has 0 unspecified atom stereocenters. The average molecular weight is 372 g/mol. The summed E-state index contributed by atoms with van der Waals surface area (Å²) in [5.74, 6) is -0.229. The van der Waals surface area contributed by atoms with Crippen LogP contribution in [0.3, 0.4) is 0 Å². The summed E-state index contributed by atoms with van der Waals surface area (Å²) in [7, 11) is 3.81. The van der Waals surface area contributed by atoms with Crippen LogP contribution in [0, 0.1) is 0 Å². The summed E-state index contributed by atoms with van der Waals surface area (Å²) in [4.78, 5) is 29.1. The van der Waals surface area contributed by atoms with Crippen LogP contribution in [0.5, 0.6) is 0 Å². The molecule has 136 valence electrons. The quantitative estimate of drug-likeness (QED) is 0.886. The van der Waals surface area contributed by atoms with Crippen LogP contribution in [0.15, 0.2) is 42.5 Å². The van der Waals surface area contributed by atoms with Crippen molar-refractivity contribution in [2.45, 2.75) is 12.8 Å². The SMILES string of the molecule is CN(C)c1ccc(NC(=O)c2ccc(Cl)cc2)cc1C(=O)N1CCCC1. The van der Waals surface area contributed by atoms with Gasteiger partial charge in [0.1, 0.15) is 0 Å².